The van der Waals surface area contributed by atoms with Gasteiger partial charge >= 0.3 is 0 Å². The summed E-state index contributed by atoms with van der Waals surface area (Å²) in [6, 6.07) is 16.8. The van der Waals surface area contributed by atoms with Gasteiger partial charge in [-0.15, -0.1) is 0 Å². The van der Waals surface area contributed by atoms with Crippen LogP contribution in [0.2, 0.25) is 0 Å². The molecule has 6 heteroatoms. The van der Waals surface area contributed by atoms with Crippen LogP contribution in [0.15, 0.2) is 75.8 Å². The van der Waals surface area contributed by atoms with Crippen LogP contribution < -0.4 is 5.73 Å². The van der Waals surface area contributed by atoms with E-state index in [0.717, 1.165) is 10.0 Å². The highest BCUT2D eigenvalue weighted by molar-refractivity contribution is 9.10. The number of ether oxygens (including phenoxy) is 1. The Bertz CT molecular complexity index is 1070. The maximum atomic E-state index is 13.2. The molecule has 2 aliphatic rings. The second kappa shape index (κ2) is 7.17. The van der Waals surface area contributed by atoms with E-state index in [9.17, 15) is 15.2 Å². The molecule has 4 rings (SSSR count). The number of halogens is 1. The number of carbonyl (C=O) groups excluding carboxylic acids is 1. The summed E-state index contributed by atoms with van der Waals surface area (Å²) in [7, 11) is 0. The quantitative estimate of drug-likeness (QED) is 0.728. The van der Waals surface area contributed by atoms with Crippen molar-refractivity contribution in [3.05, 3.63) is 86.9 Å². The molecule has 28 heavy (non-hydrogen) atoms. The van der Waals surface area contributed by atoms with E-state index in [1.807, 2.05) is 30.3 Å². The third-order valence-electron chi connectivity index (χ3n) is 5.23. The topological polar surface area (TPSA) is 96.3 Å². The Morgan fingerprint density at radius 1 is 1.18 bits per heavy atom. The van der Waals surface area contributed by atoms with Gasteiger partial charge in [-0.1, -0.05) is 46.3 Å². The van der Waals surface area contributed by atoms with Crippen LogP contribution in [0, 0.1) is 11.3 Å². The molecule has 2 aromatic rings. The number of ketones is 1. The number of nitrogens with zero attached hydrogens (tertiary/aromatic N) is 1. The molecule has 1 aliphatic carbocycles. The van der Waals surface area contributed by atoms with Crippen LogP contribution in [0.3, 0.4) is 0 Å². The van der Waals surface area contributed by atoms with E-state index in [1.165, 1.54) is 6.07 Å². The molecule has 0 amide bonds. The summed E-state index contributed by atoms with van der Waals surface area (Å²) in [4.78, 5) is 13.2. The monoisotopic (exact) mass is 436 g/mol. The fourth-order valence-electron chi connectivity index (χ4n) is 3.94. The Labute approximate surface area is 170 Å². The highest BCUT2D eigenvalue weighted by Gasteiger charge is 2.41. The predicted octanol–water partition coefficient (Wildman–Crippen LogP) is 4.36. The highest BCUT2D eigenvalue weighted by atomic mass is 79.9. The molecule has 0 radical (unpaired) electrons. The van der Waals surface area contributed by atoms with E-state index in [-0.39, 0.29) is 28.9 Å². The summed E-state index contributed by atoms with van der Waals surface area (Å²) < 4.78 is 6.47. The lowest BCUT2D eigenvalue weighted by Gasteiger charge is -2.34. The van der Waals surface area contributed by atoms with Gasteiger partial charge < -0.3 is 15.6 Å². The minimum Gasteiger partial charge on any atom is -0.508 e. The first-order valence-electron chi connectivity index (χ1n) is 8.86. The second-order valence-corrected chi connectivity index (χ2v) is 7.82. The van der Waals surface area contributed by atoms with Crippen LogP contribution in [0.25, 0.3) is 0 Å². The number of aromatic hydroxyl groups is 1. The van der Waals surface area contributed by atoms with Gasteiger partial charge in [0.25, 0.3) is 0 Å². The van der Waals surface area contributed by atoms with Crippen LogP contribution in [0.1, 0.15) is 35.8 Å². The van der Waals surface area contributed by atoms with E-state index >= 15 is 0 Å². The van der Waals surface area contributed by atoms with Gasteiger partial charge in [-0.2, -0.15) is 5.26 Å². The number of allylic oxidation sites excluding steroid dienone is 3. The van der Waals surface area contributed by atoms with E-state index in [1.54, 1.807) is 12.1 Å². The zero-order valence-electron chi connectivity index (χ0n) is 14.9. The number of Topliss-reactive ketones (excluding diaryl/α,β-unsaturated/α-hetero) is 1. The Balaban J connectivity index is 1.84. The molecule has 0 unspecified atom stereocenters. The number of nitrogens with two attached hydrogens (primary N) is 1. The standard InChI is InChI=1S/C22H17BrN2O3/c23-14-6-7-17(26)15(10-14)20-16(11-24)22(25)28-19-9-13(8-18(27)21(19)20)12-4-2-1-3-5-12/h1-7,10,13,20,26H,8-9,25H2/t13-,20-/m0/s1. The lowest BCUT2D eigenvalue weighted by molar-refractivity contribution is -0.117. The summed E-state index contributed by atoms with van der Waals surface area (Å²) in [5, 5.41) is 20.1. The summed E-state index contributed by atoms with van der Waals surface area (Å²) in [5.74, 6) is -0.394. The first kappa shape index (κ1) is 18.3. The number of nitriles is 1. The van der Waals surface area contributed by atoms with Gasteiger partial charge in [0.15, 0.2) is 5.78 Å². The Hall–Kier alpha value is -3.04. The van der Waals surface area contributed by atoms with Gasteiger partial charge in [0.1, 0.15) is 23.2 Å². The minimum absolute atomic E-state index is 0.000447. The summed E-state index contributed by atoms with van der Waals surface area (Å²) in [5.41, 5.74) is 8.10. The van der Waals surface area contributed by atoms with Gasteiger partial charge in [0, 0.05) is 28.5 Å². The maximum absolute atomic E-state index is 13.2. The number of hydrogen-bond acceptors (Lipinski definition) is 5. The van der Waals surface area contributed by atoms with Gasteiger partial charge in [0.05, 0.1) is 5.92 Å². The minimum atomic E-state index is -0.740. The lowest BCUT2D eigenvalue weighted by atomic mass is 9.73. The third-order valence-corrected chi connectivity index (χ3v) is 5.73. The van der Waals surface area contributed by atoms with E-state index in [0.29, 0.717) is 29.7 Å². The molecule has 2 aromatic carbocycles. The van der Waals surface area contributed by atoms with Crippen molar-refractivity contribution in [3.8, 4) is 11.8 Å². The largest absolute Gasteiger partial charge is 0.508 e. The molecule has 5 nitrogen and oxygen atoms in total. The Morgan fingerprint density at radius 2 is 1.93 bits per heavy atom. The zero-order chi connectivity index (χ0) is 19.8. The highest BCUT2D eigenvalue weighted by Crippen LogP contribution is 2.48. The van der Waals surface area contributed by atoms with Crippen molar-refractivity contribution in [1.29, 1.82) is 5.26 Å². The van der Waals surface area contributed by atoms with E-state index < -0.39 is 5.92 Å². The number of hydrogen-bond donors (Lipinski definition) is 2. The van der Waals surface area contributed by atoms with Crippen molar-refractivity contribution in [2.75, 3.05) is 0 Å². The van der Waals surface area contributed by atoms with Crippen LogP contribution in [0.5, 0.6) is 5.75 Å². The van der Waals surface area contributed by atoms with Crippen LogP contribution in [0.4, 0.5) is 0 Å². The second-order valence-electron chi connectivity index (χ2n) is 6.90. The Morgan fingerprint density at radius 3 is 2.64 bits per heavy atom. The van der Waals surface area contributed by atoms with Crippen molar-refractivity contribution in [3.63, 3.8) is 0 Å². The van der Waals surface area contributed by atoms with Crippen molar-refractivity contribution in [2.24, 2.45) is 5.73 Å². The molecule has 1 aliphatic heterocycles. The summed E-state index contributed by atoms with van der Waals surface area (Å²) >= 11 is 3.39. The predicted molar refractivity (Wildman–Crippen MR) is 107 cm³/mol. The van der Waals surface area contributed by atoms with Crippen molar-refractivity contribution in [1.82, 2.24) is 0 Å². The molecule has 0 saturated carbocycles. The van der Waals surface area contributed by atoms with Crippen molar-refractivity contribution in [2.45, 2.75) is 24.7 Å². The maximum Gasteiger partial charge on any atom is 0.205 e. The zero-order valence-corrected chi connectivity index (χ0v) is 16.4. The molecule has 140 valence electrons. The third kappa shape index (κ3) is 3.08. The molecular formula is C22H17BrN2O3. The first-order chi connectivity index (χ1) is 13.5. The number of benzene rings is 2. The molecular weight excluding hydrogens is 420 g/mol. The number of carbonyl (C=O) groups is 1. The molecule has 0 spiro atoms. The van der Waals surface area contributed by atoms with Gasteiger partial charge in [-0.3, -0.25) is 4.79 Å². The summed E-state index contributed by atoms with van der Waals surface area (Å²) in [6.45, 7) is 0. The number of phenols is 1. The van der Waals surface area contributed by atoms with Crippen LogP contribution in [-0.4, -0.2) is 10.9 Å². The molecule has 0 saturated heterocycles. The Kier molecular flexibility index (Phi) is 4.70. The normalized spacial score (nSPS) is 21.8. The average molecular weight is 437 g/mol. The molecule has 0 bridgehead atoms. The van der Waals surface area contributed by atoms with Gasteiger partial charge in [0.2, 0.25) is 5.88 Å². The molecule has 3 N–H and O–H groups in total. The molecule has 1 heterocycles. The number of rotatable bonds is 2. The molecule has 0 aromatic heterocycles. The smallest absolute Gasteiger partial charge is 0.205 e. The van der Waals surface area contributed by atoms with Crippen LogP contribution in [-0.2, 0) is 9.53 Å². The molecule has 2 atom stereocenters. The van der Waals surface area contributed by atoms with Gasteiger partial charge in [-0.05, 0) is 29.7 Å². The van der Waals surface area contributed by atoms with Crippen molar-refractivity contribution >= 4 is 21.7 Å². The van der Waals surface area contributed by atoms with Crippen LogP contribution >= 0.6 is 15.9 Å². The van der Waals surface area contributed by atoms with E-state index in [2.05, 4.69) is 22.0 Å². The van der Waals surface area contributed by atoms with E-state index in [4.69, 9.17) is 10.5 Å². The lowest BCUT2D eigenvalue weighted by Crippen LogP contribution is -2.29. The first-order valence-corrected chi connectivity index (χ1v) is 9.66. The van der Waals surface area contributed by atoms with Crippen molar-refractivity contribution < 1.29 is 14.6 Å². The fourth-order valence-corrected chi connectivity index (χ4v) is 4.32. The SMILES string of the molecule is N#CC1=C(N)OC2=C(C(=O)C[C@H](c3ccccc3)C2)[C@H]1c1cc(Br)ccc1O. The van der Waals surface area contributed by atoms with Gasteiger partial charge in [-0.25, -0.2) is 0 Å². The number of phenolic OH excluding ortho intramolecular Hbond substituents is 1. The molecule has 0 fully saturated rings. The fraction of sp³-hybridized carbons (Fsp3) is 0.182. The average Bonchev–Trinajstić information content (AvgIpc) is 2.69. The summed E-state index contributed by atoms with van der Waals surface area (Å²) in [6.07, 6.45) is 0.825.